The number of aliphatic hydroxyl groups excluding tert-OH is 1. The number of aliphatic hydroxyl groups is 1. The third-order valence-corrected chi connectivity index (χ3v) is 2.26. The van der Waals surface area contributed by atoms with Crippen LogP contribution in [0.4, 0.5) is 5.69 Å². The van der Waals surface area contributed by atoms with Crippen molar-refractivity contribution in [3.8, 4) is 11.5 Å². The van der Waals surface area contributed by atoms with E-state index in [-0.39, 0.29) is 18.8 Å². The Morgan fingerprint density at radius 3 is 2.71 bits per heavy atom. The molecule has 1 atom stereocenters. The topological polar surface area (TPSA) is 119 Å². The number of ether oxygens (including phenoxy) is 1. The molecule has 0 heterocycles. The van der Waals surface area contributed by atoms with Crippen LogP contribution < -0.4 is 10.5 Å². The number of phenols is 1. The van der Waals surface area contributed by atoms with Gasteiger partial charge < -0.3 is 20.7 Å². The Morgan fingerprint density at radius 1 is 1.59 bits per heavy atom. The van der Waals surface area contributed by atoms with Gasteiger partial charge in [-0.25, -0.2) is 0 Å². The minimum absolute atomic E-state index is 0.0133. The van der Waals surface area contributed by atoms with Crippen LogP contribution in [0.15, 0.2) is 12.1 Å². The molecule has 1 aromatic rings. The number of hydrogen-bond acceptors (Lipinski definition) is 6. The lowest BCUT2D eigenvalue weighted by Crippen LogP contribution is -2.26. The van der Waals surface area contributed by atoms with Gasteiger partial charge in [0.2, 0.25) is 5.75 Å². The lowest BCUT2D eigenvalue weighted by molar-refractivity contribution is -0.386. The number of hydrogen-bond donors (Lipinski definition) is 3. The number of rotatable bonds is 5. The van der Waals surface area contributed by atoms with Gasteiger partial charge in [-0.05, 0) is 18.1 Å². The molecule has 0 saturated carbocycles. The van der Waals surface area contributed by atoms with Crippen LogP contribution in [0.25, 0.3) is 0 Å². The second-order valence-electron chi connectivity index (χ2n) is 3.57. The van der Waals surface area contributed by atoms with E-state index < -0.39 is 22.4 Å². The Labute approximate surface area is 97.6 Å². The molecule has 94 valence electrons. The molecule has 0 spiro atoms. The second kappa shape index (κ2) is 5.46. The van der Waals surface area contributed by atoms with Crippen molar-refractivity contribution in [3.05, 3.63) is 27.8 Å². The van der Waals surface area contributed by atoms with Crippen molar-refractivity contribution >= 4 is 5.69 Å². The van der Waals surface area contributed by atoms with E-state index in [1.807, 2.05) is 0 Å². The average molecular weight is 242 g/mol. The maximum atomic E-state index is 10.7. The Balaban J connectivity index is 3.15. The zero-order valence-corrected chi connectivity index (χ0v) is 9.29. The predicted octanol–water partition coefficient (Wildman–Crippen LogP) is 0.171. The molecule has 0 fully saturated rings. The quantitative estimate of drug-likeness (QED) is 0.500. The van der Waals surface area contributed by atoms with Crippen molar-refractivity contribution in [2.75, 3.05) is 13.7 Å². The molecule has 1 unspecified atom stereocenters. The lowest BCUT2D eigenvalue weighted by Gasteiger charge is -2.10. The van der Waals surface area contributed by atoms with Crippen LogP contribution in [0.2, 0.25) is 0 Å². The third-order valence-electron chi connectivity index (χ3n) is 2.26. The first-order valence-corrected chi connectivity index (χ1v) is 4.90. The van der Waals surface area contributed by atoms with E-state index in [9.17, 15) is 15.2 Å². The number of nitrogens with two attached hydrogens (primary N) is 1. The highest BCUT2D eigenvalue weighted by molar-refractivity contribution is 5.57. The molecule has 0 aliphatic carbocycles. The smallest absolute Gasteiger partial charge is 0.314 e. The van der Waals surface area contributed by atoms with Gasteiger partial charge in [-0.3, -0.25) is 10.1 Å². The van der Waals surface area contributed by atoms with E-state index in [1.54, 1.807) is 0 Å². The normalized spacial score (nSPS) is 12.2. The fraction of sp³-hybridized carbons (Fsp3) is 0.400. The average Bonchev–Trinajstić information content (AvgIpc) is 2.30. The van der Waals surface area contributed by atoms with Crippen molar-refractivity contribution in [1.29, 1.82) is 0 Å². The van der Waals surface area contributed by atoms with Crippen LogP contribution in [0.5, 0.6) is 11.5 Å². The van der Waals surface area contributed by atoms with Crippen molar-refractivity contribution in [1.82, 2.24) is 0 Å². The van der Waals surface area contributed by atoms with Gasteiger partial charge in [0.1, 0.15) is 0 Å². The number of phenolic OH excluding ortho intramolecular Hbond substituents is 1. The van der Waals surface area contributed by atoms with Crippen LogP contribution in [-0.4, -0.2) is 34.9 Å². The molecule has 0 amide bonds. The Hall–Kier alpha value is -1.86. The number of methoxy groups -OCH3 is 1. The molecule has 1 rings (SSSR count). The van der Waals surface area contributed by atoms with Gasteiger partial charge in [-0.2, -0.15) is 0 Å². The number of nitrogens with zero attached hydrogens (tertiary/aromatic N) is 1. The Bertz CT molecular complexity index is 421. The zero-order valence-electron chi connectivity index (χ0n) is 9.29. The molecule has 0 aliphatic heterocycles. The Kier molecular flexibility index (Phi) is 4.24. The first-order valence-electron chi connectivity index (χ1n) is 4.90. The highest BCUT2D eigenvalue weighted by Crippen LogP contribution is 2.37. The van der Waals surface area contributed by atoms with Crippen molar-refractivity contribution in [2.45, 2.75) is 12.5 Å². The first kappa shape index (κ1) is 13.2. The number of nitro groups is 1. The van der Waals surface area contributed by atoms with Gasteiger partial charge in [-0.15, -0.1) is 0 Å². The maximum absolute atomic E-state index is 10.7. The standard InChI is InChI=1S/C10H14N2O5/c1-17-9-4-6(2-7(11)5-13)3-8(10(9)14)12(15)16/h3-4,7,13-14H,2,5,11H2,1H3. The van der Waals surface area contributed by atoms with Gasteiger partial charge in [-0.1, -0.05) is 0 Å². The Morgan fingerprint density at radius 2 is 2.24 bits per heavy atom. The maximum Gasteiger partial charge on any atom is 0.314 e. The molecule has 0 aromatic heterocycles. The molecule has 0 saturated heterocycles. The summed E-state index contributed by atoms with van der Waals surface area (Å²) >= 11 is 0. The van der Waals surface area contributed by atoms with Gasteiger partial charge in [0.05, 0.1) is 18.6 Å². The minimum atomic E-state index is -0.703. The van der Waals surface area contributed by atoms with E-state index in [2.05, 4.69) is 0 Å². The van der Waals surface area contributed by atoms with Crippen LogP contribution in [-0.2, 0) is 6.42 Å². The van der Waals surface area contributed by atoms with E-state index >= 15 is 0 Å². The summed E-state index contributed by atoms with van der Waals surface area (Å²) in [6, 6.07) is 2.16. The van der Waals surface area contributed by atoms with E-state index in [4.69, 9.17) is 15.6 Å². The van der Waals surface area contributed by atoms with Crippen LogP contribution in [0.3, 0.4) is 0 Å². The molecule has 0 aliphatic rings. The van der Waals surface area contributed by atoms with Crippen molar-refractivity contribution in [2.24, 2.45) is 5.73 Å². The number of benzene rings is 1. The van der Waals surface area contributed by atoms with E-state index in [0.717, 1.165) is 0 Å². The highest BCUT2D eigenvalue weighted by atomic mass is 16.6. The summed E-state index contributed by atoms with van der Waals surface area (Å²) in [6.07, 6.45) is 0.258. The fourth-order valence-electron chi connectivity index (χ4n) is 1.43. The molecule has 7 heteroatoms. The minimum Gasteiger partial charge on any atom is -0.500 e. The zero-order chi connectivity index (χ0) is 13.0. The van der Waals surface area contributed by atoms with Gasteiger partial charge >= 0.3 is 5.69 Å². The molecule has 1 aromatic carbocycles. The molecular weight excluding hydrogens is 228 g/mol. The summed E-state index contributed by atoms with van der Waals surface area (Å²) < 4.78 is 4.83. The van der Waals surface area contributed by atoms with Crippen LogP contribution >= 0.6 is 0 Å². The molecular formula is C10H14N2O5. The van der Waals surface area contributed by atoms with Gasteiger partial charge in [0.25, 0.3) is 0 Å². The van der Waals surface area contributed by atoms with Gasteiger partial charge in [0.15, 0.2) is 5.75 Å². The number of nitro benzene ring substituents is 1. The molecule has 0 bridgehead atoms. The molecule has 0 radical (unpaired) electrons. The van der Waals surface area contributed by atoms with Crippen molar-refractivity contribution < 1.29 is 19.9 Å². The monoisotopic (exact) mass is 242 g/mol. The molecule has 17 heavy (non-hydrogen) atoms. The summed E-state index contributed by atoms with van der Waals surface area (Å²) in [5, 5.41) is 29.1. The highest BCUT2D eigenvalue weighted by Gasteiger charge is 2.20. The second-order valence-corrected chi connectivity index (χ2v) is 3.57. The third kappa shape index (κ3) is 3.05. The van der Waals surface area contributed by atoms with Crippen LogP contribution in [0.1, 0.15) is 5.56 Å². The van der Waals surface area contributed by atoms with Crippen LogP contribution in [0, 0.1) is 10.1 Å². The summed E-state index contributed by atoms with van der Waals surface area (Å²) in [5.41, 5.74) is 5.62. The van der Waals surface area contributed by atoms with Gasteiger partial charge in [0, 0.05) is 12.1 Å². The summed E-state index contributed by atoms with van der Waals surface area (Å²) in [6.45, 7) is -0.225. The largest absolute Gasteiger partial charge is 0.500 e. The fourth-order valence-corrected chi connectivity index (χ4v) is 1.43. The van der Waals surface area contributed by atoms with E-state index in [1.165, 1.54) is 19.2 Å². The summed E-state index contributed by atoms with van der Waals surface area (Å²) in [4.78, 5) is 10.0. The summed E-state index contributed by atoms with van der Waals surface area (Å²) in [7, 11) is 1.30. The lowest BCUT2D eigenvalue weighted by atomic mass is 10.1. The SMILES string of the molecule is COc1cc(CC(N)CO)cc([N+](=O)[O-])c1O. The first-order chi connectivity index (χ1) is 7.99. The molecule has 7 nitrogen and oxygen atoms in total. The summed E-state index contributed by atoms with van der Waals surface area (Å²) in [5.74, 6) is -0.502. The predicted molar refractivity (Wildman–Crippen MR) is 60.1 cm³/mol. The number of aromatic hydroxyl groups is 1. The molecule has 4 N–H and O–H groups in total. The van der Waals surface area contributed by atoms with E-state index in [0.29, 0.717) is 5.56 Å². The van der Waals surface area contributed by atoms with Crippen molar-refractivity contribution in [3.63, 3.8) is 0 Å².